The number of fused-ring (bicyclic) bond motifs is 1. The summed E-state index contributed by atoms with van der Waals surface area (Å²) in [7, 11) is 0. The molecule has 1 aromatic rings. The van der Waals surface area contributed by atoms with Gasteiger partial charge in [0, 0.05) is 5.02 Å². The van der Waals surface area contributed by atoms with Crippen molar-refractivity contribution in [1.29, 1.82) is 0 Å². The lowest BCUT2D eigenvalue weighted by Gasteiger charge is -2.28. The molecule has 0 aromatic heterocycles. The van der Waals surface area contributed by atoms with Gasteiger partial charge in [0.2, 0.25) is 0 Å². The molecule has 0 N–H and O–H groups in total. The van der Waals surface area contributed by atoms with Crippen LogP contribution in [-0.2, 0) is 0 Å². The summed E-state index contributed by atoms with van der Waals surface area (Å²) in [5.74, 6) is 2.26. The average Bonchev–Trinajstić information content (AvgIpc) is 2.16. The van der Waals surface area contributed by atoms with Gasteiger partial charge in [-0.05, 0) is 42.0 Å². The van der Waals surface area contributed by atoms with E-state index in [1.807, 2.05) is 18.2 Å². The van der Waals surface area contributed by atoms with Gasteiger partial charge in [0.25, 0.3) is 0 Å². The van der Waals surface area contributed by atoms with E-state index in [9.17, 15) is 0 Å². The Morgan fingerprint density at radius 1 is 1.43 bits per heavy atom. The van der Waals surface area contributed by atoms with E-state index in [1.54, 1.807) is 0 Å². The lowest BCUT2D eigenvalue weighted by molar-refractivity contribution is 0.247. The lowest BCUT2D eigenvalue weighted by Crippen LogP contribution is -2.18. The molecule has 0 radical (unpaired) electrons. The van der Waals surface area contributed by atoms with Gasteiger partial charge < -0.3 is 4.74 Å². The second-order valence-corrected chi connectivity index (χ2v) is 4.61. The molecule has 1 aliphatic rings. The molecule has 1 nitrogen and oxygen atoms in total. The Bertz CT molecular complexity index is 333. The van der Waals surface area contributed by atoms with Crippen LogP contribution in [0.15, 0.2) is 18.2 Å². The van der Waals surface area contributed by atoms with Crippen LogP contribution >= 0.6 is 11.6 Å². The SMILES string of the molecule is CC(C)C1CCOc2ccc(Cl)cc21. The molecule has 1 atom stereocenters. The Balaban J connectivity index is 2.41. The number of hydrogen-bond donors (Lipinski definition) is 0. The van der Waals surface area contributed by atoms with Gasteiger partial charge in [0.05, 0.1) is 6.61 Å². The topological polar surface area (TPSA) is 9.23 Å². The quantitative estimate of drug-likeness (QED) is 0.684. The number of halogens is 1. The van der Waals surface area contributed by atoms with Crippen LogP contribution in [0.2, 0.25) is 5.02 Å². The van der Waals surface area contributed by atoms with E-state index >= 15 is 0 Å². The van der Waals surface area contributed by atoms with Gasteiger partial charge in [-0.1, -0.05) is 25.4 Å². The van der Waals surface area contributed by atoms with Crippen molar-refractivity contribution in [2.75, 3.05) is 6.61 Å². The Morgan fingerprint density at radius 3 is 2.93 bits per heavy atom. The van der Waals surface area contributed by atoms with Crippen molar-refractivity contribution in [1.82, 2.24) is 0 Å². The van der Waals surface area contributed by atoms with Gasteiger partial charge in [-0.3, -0.25) is 0 Å². The summed E-state index contributed by atoms with van der Waals surface area (Å²) in [4.78, 5) is 0. The minimum atomic E-state index is 0.595. The summed E-state index contributed by atoms with van der Waals surface area (Å²) < 4.78 is 5.60. The third kappa shape index (κ3) is 1.74. The van der Waals surface area contributed by atoms with Crippen LogP contribution in [0.1, 0.15) is 31.7 Å². The second kappa shape index (κ2) is 3.82. The molecule has 0 saturated heterocycles. The zero-order chi connectivity index (χ0) is 10.1. The maximum absolute atomic E-state index is 5.99. The smallest absolute Gasteiger partial charge is 0.122 e. The van der Waals surface area contributed by atoms with Crippen LogP contribution < -0.4 is 4.74 Å². The highest BCUT2D eigenvalue weighted by atomic mass is 35.5. The zero-order valence-corrected chi connectivity index (χ0v) is 9.34. The molecule has 2 rings (SSSR count). The number of rotatable bonds is 1. The molecule has 0 aliphatic carbocycles. The van der Waals surface area contributed by atoms with Crippen LogP contribution in [0, 0.1) is 5.92 Å². The van der Waals surface area contributed by atoms with Crippen molar-refractivity contribution in [2.24, 2.45) is 5.92 Å². The van der Waals surface area contributed by atoms with Gasteiger partial charge >= 0.3 is 0 Å². The molecule has 76 valence electrons. The Kier molecular flexibility index (Phi) is 2.69. The van der Waals surface area contributed by atoms with Crippen molar-refractivity contribution in [2.45, 2.75) is 26.2 Å². The normalized spacial score (nSPS) is 20.4. The minimum absolute atomic E-state index is 0.595. The summed E-state index contributed by atoms with van der Waals surface area (Å²) in [5, 5.41) is 0.805. The van der Waals surface area contributed by atoms with Gasteiger partial charge in [-0.25, -0.2) is 0 Å². The van der Waals surface area contributed by atoms with Crippen LogP contribution in [0.3, 0.4) is 0 Å². The van der Waals surface area contributed by atoms with Gasteiger partial charge in [0.15, 0.2) is 0 Å². The minimum Gasteiger partial charge on any atom is -0.493 e. The lowest BCUT2D eigenvalue weighted by atomic mass is 9.84. The highest BCUT2D eigenvalue weighted by Crippen LogP contribution is 2.39. The van der Waals surface area contributed by atoms with E-state index in [4.69, 9.17) is 16.3 Å². The Labute approximate surface area is 90.0 Å². The van der Waals surface area contributed by atoms with E-state index in [0.29, 0.717) is 11.8 Å². The van der Waals surface area contributed by atoms with E-state index in [-0.39, 0.29) is 0 Å². The fourth-order valence-corrected chi connectivity index (χ4v) is 2.26. The second-order valence-electron chi connectivity index (χ2n) is 4.17. The van der Waals surface area contributed by atoms with Crippen molar-refractivity contribution in [3.8, 4) is 5.75 Å². The molecule has 0 bridgehead atoms. The molecule has 14 heavy (non-hydrogen) atoms. The fourth-order valence-electron chi connectivity index (χ4n) is 2.08. The third-order valence-corrected chi connectivity index (χ3v) is 3.10. The number of ether oxygens (including phenoxy) is 1. The molecule has 1 aliphatic heterocycles. The fraction of sp³-hybridized carbons (Fsp3) is 0.500. The summed E-state index contributed by atoms with van der Waals surface area (Å²) in [6.45, 7) is 5.33. The third-order valence-electron chi connectivity index (χ3n) is 2.86. The van der Waals surface area contributed by atoms with E-state index in [1.165, 1.54) is 5.56 Å². The van der Waals surface area contributed by atoms with Crippen molar-refractivity contribution < 1.29 is 4.74 Å². The molecule has 2 heteroatoms. The van der Waals surface area contributed by atoms with Crippen molar-refractivity contribution in [3.63, 3.8) is 0 Å². The zero-order valence-electron chi connectivity index (χ0n) is 8.59. The maximum Gasteiger partial charge on any atom is 0.122 e. The molecule has 0 fully saturated rings. The largest absolute Gasteiger partial charge is 0.493 e. The van der Waals surface area contributed by atoms with Crippen LogP contribution in [-0.4, -0.2) is 6.61 Å². The predicted molar refractivity (Wildman–Crippen MR) is 59.1 cm³/mol. The molecule has 0 spiro atoms. The molecule has 1 aromatic carbocycles. The molecule has 1 unspecified atom stereocenters. The highest BCUT2D eigenvalue weighted by Gasteiger charge is 2.23. The first-order valence-corrected chi connectivity index (χ1v) is 5.48. The van der Waals surface area contributed by atoms with Crippen LogP contribution in [0.25, 0.3) is 0 Å². The van der Waals surface area contributed by atoms with Crippen molar-refractivity contribution >= 4 is 11.6 Å². The highest BCUT2D eigenvalue weighted by molar-refractivity contribution is 6.30. The maximum atomic E-state index is 5.99. The molecular formula is C12H15ClO. The van der Waals surface area contributed by atoms with E-state index in [2.05, 4.69) is 13.8 Å². The molecular weight excluding hydrogens is 196 g/mol. The monoisotopic (exact) mass is 210 g/mol. The first-order chi connectivity index (χ1) is 6.68. The Morgan fingerprint density at radius 2 is 2.21 bits per heavy atom. The summed E-state index contributed by atoms with van der Waals surface area (Å²) in [6.07, 6.45) is 1.10. The van der Waals surface area contributed by atoms with E-state index < -0.39 is 0 Å². The number of hydrogen-bond acceptors (Lipinski definition) is 1. The average molecular weight is 211 g/mol. The van der Waals surface area contributed by atoms with Crippen molar-refractivity contribution in [3.05, 3.63) is 28.8 Å². The van der Waals surface area contributed by atoms with Crippen LogP contribution in [0.5, 0.6) is 5.75 Å². The number of benzene rings is 1. The summed E-state index contributed by atoms with van der Waals surface area (Å²) in [6, 6.07) is 5.91. The molecule has 0 amide bonds. The van der Waals surface area contributed by atoms with E-state index in [0.717, 1.165) is 23.8 Å². The predicted octanol–water partition coefficient (Wildman–Crippen LogP) is 3.86. The summed E-state index contributed by atoms with van der Waals surface area (Å²) in [5.41, 5.74) is 1.28. The van der Waals surface area contributed by atoms with Gasteiger partial charge in [-0.2, -0.15) is 0 Å². The van der Waals surface area contributed by atoms with Gasteiger partial charge in [0.1, 0.15) is 5.75 Å². The molecule has 0 saturated carbocycles. The first-order valence-electron chi connectivity index (χ1n) is 5.10. The van der Waals surface area contributed by atoms with Crippen LogP contribution in [0.4, 0.5) is 0 Å². The summed E-state index contributed by atoms with van der Waals surface area (Å²) >= 11 is 5.99. The first kappa shape index (κ1) is 9.85. The molecule has 1 heterocycles. The van der Waals surface area contributed by atoms with Gasteiger partial charge in [-0.15, -0.1) is 0 Å². The standard InChI is InChI=1S/C12H15ClO/c1-8(2)10-5-6-14-12-4-3-9(13)7-11(10)12/h3-4,7-8,10H,5-6H2,1-2H3. The Hall–Kier alpha value is -0.690.